The molecule has 7 heteroatoms. The van der Waals surface area contributed by atoms with E-state index < -0.39 is 11.6 Å². The zero-order valence-corrected chi connectivity index (χ0v) is 12.5. The Hall–Kier alpha value is -1.08. The molecule has 0 heterocycles. The van der Waals surface area contributed by atoms with Gasteiger partial charge in [-0.25, -0.2) is 8.78 Å². The number of hydrogen-bond donors (Lipinski definition) is 0. The predicted octanol–water partition coefficient (Wildman–Crippen LogP) is 4.48. The molecule has 19 heavy (non-hydrogen) atoms. The highest BCUT2D eigenvalue weighted by molar-refractivity contribution is 9.10. The Kier molecular flexibility index (Phi) is 4.82. The van der Waals surface area contributed by atoms with Gasteiger partial charge in [-0.15, -0.1) is 0 Å². The van der Waals surface area contributed by atoms with Gasteiger partial charge in [0.1, 0.15) is 23.1 Å². The van der Waals surface area contributed by atoms with Crippen LogP contribution in [0.4, 0.5) is 8.78 Å². The van der Waals surface area contributed by atoms with E-state index in [-0.39, 0.29) is 11.5 Å². The maximum Gasteiger partial charge on any atom is 0.658 e. The molecule has 0 aromatic heterocycles. The van der Waals surface area contributed by atoms with E-state index in [0.29, 0.717) is 8.95 Å². The largest absolute Gasteiger partial charge is 0.658 e. The Morgan fingerprint density at radius 1 is 0.789 bits per heavy atom. The lowest BCUT2D eigenvalue weighted by Crippen LogP contribution is -2.11. The minimum absolute atomic E-state index is 0.276. The number of halogens is 4. The standard InChI is InChI=1S/C12H6BBr2F2O2/c14-9-3-1-7(5-11(9)16)18-13-19-8-2-4-10(15)12(17)6-8/h1-6H. The topological polar surface area (TPSA) is 18.5 Å². The lowest BCUT2D eigenvalue weighted by Gasteiger charge is -2.07. The molecule has 0 atom stereocenters. The van der Waals surface area contributed by atoms with Crippen LogP contribution in [0.25, 0.3) is 0 Å². The van der Waals surface area contributed by atoms with Crippen molar-refractivity contribution in [1.82, 2.24) is 0 Å². The average Bonchev–Trinajstić information content (AvgIpc) is 2.38. The first kappa shape index (κ1) is 14.3. The van der Waals surface area contributed by atoms with Crippen LogP contribution in [-0.2, 0) is 0 Å². The zero-order chi connectivity index (χ0) is 13.8. The Bertz CT molecular complexity index is 544. The quantitative estimate of drug-likeness (QED) is 0.716. The fourth-order valence-electron chi connectivity index (χ4n) is 1.24. The van der Waals surface area contributed by atoms with E-state index in [2.05, 4.69) is 31.9 Å². The predicted molar refractivity (Wildman–Crippen MR) is 75.2 cm³/mol. The molecule has 0 fully saturated rings. The van der Waals surface area contributed by atoms with Gasteiger partial charge in [0.2, 0.25) is 0 Å². The second kappa shape index (κ2) is 6.39. The van der Waals surface area contributed by atoms with Crippen LogP contribution in [-0.4, -0.2) is 7.69 Å². The summed E-state index contributed by atoms with van der Waals surface area (Å²) in [4.78, 5) is 0. The molecular weight excluding hydrogens is 385 g/mol. The maximum atomic E-state index is 13.2. The van der Waals surface area contributed by atoms with Crippen LogP contribution >= 0.6 is 31.9 Å². The fraction of sp³-hybridized carbons (Fsp3) is 0. The van der Waals surface area contributed by atoms with Crippen molar-refractivity contribution in [2.24, 2.45) is 0 Å². The lowest BCUT2D eigenvalue weighted by molar-refractivity contribution is 0.453. The molecule has 2 aromatic carbocycles. The van der Waals surface area contributed by atoms with E-state index in [1.165, 1.54) is 24.3 Å². The van der Waals surface area contributed by atoms with E-state index in [4.69, 9.17) is 9.31 Å². The maximum absolute atomic E-state index is 13.2. The van der Waals surface area contributed by atoms with Crippen molar-refractivity contribution >= 4 is 39.5 Å². The van der Waals surface area contributed by atoms with Gasteiger partial charge >= 0.3 is 7.69 Å². The van der Waals surface area contributed by atoms with Crippen LogP contribution in [0.3, 0.4) is 0 Å². The Labute approximate surface area is 126 Å². The second-order valence-corrected chi connectivity index (χ2v) is 5.19. The minimum atomic E-state index is -0.444. The molecule has 2 rings (SSSR count). The molecule has 0 spiro atoms. The molecule has 1 radical (unpaired) electrons. The third kappa shape index (κ3) is 3.94. The van der Waals surface area contributed by atoms with Crippen molar-refractivity contribution in [2.75, 3.05) is 0 Å². The van der Waals surface area contributed by atoms with Gasteiger partial charge in [-0.3, -0.25) is 0 Å². The Morgan fingerprint density at radius 2 is 1.21 bits per heavy atom. The molecule has 0 aliphatic rings. The van der Waals surface area contributed by atoms with E-state index >= 15 is 0 Å². The van der Waals surface area contributed by atoms with Gasteiger partial charge in [0.25, 0.3) is 0 Å². The summed E-state index contributed by atoms with van der Waals surface area (Å²) in [6, 6.07) is 8.55. The molecule has 0 aliphatic carbocycles. The Morgan fingerprint density at radius 3 is 1.58 bits per heavy atom. The van der Waals surface area contributed by atoms with Gasteiger partial charge in [-0.2, -0.15) is 0 Å². The van der Waals surface area contributed by atoms with Crippen molar-refractivity contribution < 1.29 is 18.1 Å². The fourth-order valence-corrected chi connectivity index (χ4v) is 1.73. The SMILES string of the molecule is Fc1cc(O[B]Oc2ccc(Br)c(F)c2)ccc1Br. The minimum Gasteiger partial charge on any atom is -0.526 e. The summed E-state index contributed by atoms with van der Waals surface area (Å²) >= 11 is 6.06. The summed E-state index contributed by atoms with van der Waals surface area (Å²) < 4.78 is 37.2. The monoisotopic (exact) mass is 389 g/mol. The summed E-state index contributed by atoms with van der Waals surface area (Å²) in [5, 5.41) is 0. The first-order chi connectivity index (χ1) is 9.06. The van der Waals surface area contributed by atoms with Crippen LogP contribution in [0.2, 0.25) is 0 Å². The molecule has 0 saturated heterocycles. The van der Waals surface area contributed by atoms with E-state index in [1.54, 1.807) is 12.1 Å². The second-order valence-electron chi connectivity index (χ2n) is 3.48. The molecule has 0 saturated carbocycles. The third-order valence-corrected chi connectivity index (χ3v) is 3.44. The van der Waals surface area contributed by atoms with Crippen molar-refractivity contribution in [1.29, 1.82) is 0 Å². The van der Waals surface area contributed by atoms with Gasteiger partial charge in [-0.1, -0.05) is 0 Å². The van der Waals surface area contributed by atoms with Crippen LogP contribution in [0.1, 0.15) is 0 Å². The first-order valence-corrected chi connectivity index (χ1v) is 6.70. The third-order valence-electron chi connectivity index (χ3n) is 2.15. The molecule has 97 valence electrons. The number of benzene rings is 2. The van der Waals surface area contributed by atoms with Crippen molar-refractivity contribution in [3.63, 3.8) is 0 Å². The summed E-state index contributed by atoms with van der Waals surface area (Å²) in [7, 11) is 1.01. The average molecular weight is 391 g/mol. The van der Waals surface area contributed by atoms with E-state index in [0.717, 1.165) is 7.69 Å². The van der Waals surface area contributed by atoms with E-state index in [1.807, 2.05) is 0 Å². The van der Waals surface area contributed by atoms with Gasteiger partial charge in [0.15, 0.2) is 0 Å². The number of hydrogen-bond acceptors (Lipinski definition) is 2. The highest BCUT2D eigenvalue weighted by atomic mass is 79.9. The van der Waals surface area contributed by atoms with Crippen LogP contribution in [0.5, 0.6) is 11.5 Å². The van der Waals surface area contributed by atoms with Crippen LogP contribution < -0.4 is 9.31 Å². The molecule has 2 aromatic rings. The van der Waals surface area contributed by atoms with Crippen LogP contribution in [0, 0.1) is 11.6 Å². The summed E-state index contributed by atoms with van der Waals surface area (Å²) in [5.41, 5.74) is 0. The smallest absolute Gasteiger partial charge is 0.526 e. The summed E-state index contributed by atoms with van der Waals surface area (Å²) in [6.45, 7) is 0. The van der Waals surface area contributed by atoms with Crippen LogP contribution in [0.15, 0.2) is 45.3 Å². The molecule has 0 bridgehead atoms. The molecule has 2 nitrogen and oxygen atoms in total. The van der Waals surface area contributed by atoms with E-state index in [9.17, 15) is 8.78 Å². The normalized spacial score (nSPS) is 10.1. The van der Waals surface area contributed by atoms with Gasteiger partial charge in [0.05, 0.1) is 8.95 Å². The van der Waals surface area contributed by atoms with Gasteiger partial charge in [-0.05, 0) is 56.1 Å². The zero-order valence-electron chi connectivity index (χ0n) is 9.37. The number of rotatable bonds is 4. The highest BCUT2D eigenvalue weighted by Gasteiger charge is 2.06. The van der Waals surface area contributed by atoms with Crippen molar-refractivity contribution in [3.05, 3.63) is 57.0 Å². The van der Waals surface area contributed by atoms with Crippen molar-refractivity contribution in [3.8, 4) is 11.5 Å². The molecule has 0 N–H and O–H groups in total. The van der Waals surface area contributed by atoms with Crippen molar-refractivity contribution in [2.45, 2.75) is 0 Å². The highest BCUT2D eigenvalue weighted by Crippen LogP contribution is 2.22. The summed E-state index contributed by atoms with van der Waals surface area (Å²) in [5.74, 6) is -0.335. The first-order valence-electron chi connectivity index (χ1n) is 5.11. The van der Waals surface area contributed by atoms with Gasteiger partial charge in [0, 0.05) is 12.1 Å². The lowest BCUT2D eigenvalue weighted by atomic mass is 10.3. The van der Waals surface area contributed by atoms with Gasteiger partial charge < -0.3 is 9.31 Å². The molecule has 0 unspecified atom stereocenters. The Balaban J connectivity index is 1.92. The molecule has 0 amide bonds. The molecule has 0 aliphatic heterocycles. The molecular formula is C12H6BBr2F2O2. The summed E-state index contributed by atoms with van der Waals surface area (Å²) in [6.07, 6.45) is 0.